The van der Waals surface area contributed by atoms with Gasteiger partial charge in [0.2, 0.25) is 0 Å². The molecule has 130 valence electrons. The van der Waals surface area contributed by atoms with E-state index < -0.39 is 5.60 Å². The highest BCUT2D eigenvalue weighted by molar-refractivity contribution is 7.11. The molecule has 1 aromatic heterocycles. The molecule has 1 aliphatic rings. The summed E-state index contributed by atoms with van der Waals surface area (Å²) in [6.45, 7) is 12.5. The van der Waals surface area contributed by atoms with E-state index in [4.69, 9.17) is 4.74 Å². The minimum Gasteiger partial charge on any atom is -0.444 e. The fraction of sp³-hybridized carbons (Fsp3) is 0.765. The molecule has 6 heteroatoms. The van der Waals surface area contributed by atoms with Gasteiger partial charge in [0.25, 0.3) is 0 Å². The summed E-state index contributed by atoms with van der Waals surface area (Å²) in [4.78, 5) is 19.6. The molecule has 5 nitrogen and oxygen atoms in total. The zero-order valence-corrected chi connectivity index (χ0v) is 15.7. The minimum absolute atomic E-state index is 0.185. The van der Waals surface area contributed by atoms with Crippen molar-refractivity contribution in [3.8, 4) is 0 Å². The number of likely N-dealkylation sites (tertiary alicyclic amines) is 1. The molecular formula is C17H29N3O2S. The van der Waals surface area contributed by atoms with Crippen molar-refractivity contribution in [2.24, 2.45) is 5.92 Å². The van der Waals surface area contributed by atoms with Gasteiger partial charge in [-0.05, 0) is 59.9 Å². The monoisotopic (exact) mass is 339 g/mol. The molecule has 1 aromatic rings. The van der Waals surface area contributed by atoms with Crippen molar-refractivity contribution in [1.29, 1.82) is 0 Å². The maximum absolute atomic E-state index is 12.1. The molecule has 0 unspecified atom stereocenters. The van der Waals surface area contributed by atoms with E-state index in [2.05, 4.69) is 24.1 Å². The molecule has 2 heterocycles. The minimum atomic E-state index is -0.420. The Balaban J connectivity index is 1.71. The molecular weight excluding hydrogens is 310 g/mol. The lowest BCUT2D eigenvalue weighted by atomic mass is 9.97. The Hall–Kier alpha value is -1.14. The lowest BCUT2D eigenvalue weighted by molar-refractivity contribution is 0.0183. The van der Waals surface area contributed by atoms with Crippen molar-refractivity contribution in [3.63, 3.8) is 0 Å². The molecule has 0 bridgehead atoms. The molecule has 1 amide bonds. The summed E-state index contributed by atoms with van der Waals surface area (Å²) in [6, 6.07) is 0.289. The summed E-state index contributed by atoms with van der Waals surface area (Å²) < 4.78 is 5.44. The van der Waals surface area contributed by atoms with E-state index in [1.807, 2.05) is 31.9 Å². The third kappa shape index (κ3) is 5.77. The Kier molecular flexibility index (Phi) is 6.03. The van der Waals surface area contributed by atoms with E-state index in [-0.39, 0.29) is 12.1 Å². The maximum Gasteiger partial charge on any atom is 0.410 e. The van der Waals surface area contributed by atoms with Gasteiger partial charge in [0, 0.05) is 24.2 Å². The predicted molar refractivity (Wildman–Crippen MR) is 93.8 cm³/mol. The first-order valence-corrected chi connectivity index (χ1v) is 9.20. The van der Waals surface area contributed by atoms with E-state index in [0.717, 1.165) is 37.5 Å². The van der Waals surface area contributed by atoms with Crippen LogP contribution in [0.2, 0.25) is 0 Å². The second-order valence-corrected chi connectivity index (χ2v) is 8.62. The van der Waals surface area contributed by atoms with Crippen molar-refractivity contribution < 1.29 is 9.53 Å². The van der Waals surface area contributed by atoms with Crippen molar-refractivity contribution in [1.82, 2.24) is 15.2 Å². The molecule has 23 heavy (non-hydrogen) atoms. The molecule has 1 saturated heterocycles. The van der Waals surface area contributed by atoms with Crippen LogP contribution in [0, 0.1) is 12.8 Å². The van der Waals surface area contributed by atoms with E-state index in [0.29, 0.717) is 5.92 Å². The Morgan fingerprint density at radius 1 is 1.48 bits per heavy atom. The van der Waals surface area contributed by atoms with Gasteiger partial charge in [0.05, 0.1) is 6.04 Å². The normalized spacial score (nSPS) is 18.0. The van der Waals surface area contributed by atoms with Crippen LogP contribution in [0.4, 0.5) is 4.79 Å². The van der Waals surface area contributed by atoms with Gasteiger partial charge < -0.3 is 15.0 Å². The van der Waals surface area contributed by atoms with Crippen molar-refractivity contribution in [2.75, 3.05) is 19.6 Å². The molecule has 1 atom stereocenters. The number of nitrogens with zero attached hydrogens (tertiary/aromatic N) is 2. The molecule has 0 aromatic carbocycles. The van der Waals surface area contributed by atoms with E-state index >= 15 is 0 Å². The Labute approximate surface area is 143 Å². The highest BCUT2D eigenvalue weighted by Gasteiger charge is 2.27. The van der Waals surface area contributed by atoms with Gasteiger partial charge >= 0.3 is 6.09 Å². The number of amides is 1. The number of rotatable bonds is 4. The first-order chi connectivity index (χ1) is 10.7. The van der Waals surface area contributed by atoms with Gasteiger partial charge in [-0.3, -0.25) is 0 Å². The zero-order chi connectivity index (χ0) is 17.0. The van der Waals surface area contributed by atoms with Gasteiger partial charge in [0.1, 0.15) is 10.6 Å². The Morgan fingerprint density at radius 2 is 2.13 bits per heavy atom. The standard InChI is InChI=1S/C17H29N3O2S/c1-12-10-19-15(23-12)13(2)18-11-14-6-8-20(9-7-14)16(21)22-17(3,4)5/h10,13-14,18H,6-9,11H2,1-5H3/t13-/m0/s1. The second kappa shape index (κ2) is 7.62. The summed E-state index contributed by atoms with van der Waals surface area (Å²) in [5, 5.41) is 4.72. The smallest absolute Gasteiger partial charge is 0.410 e. The van der Waals surface area contributed by atoms with Crippen LogP contribution in [0.3, 0.4) is 0 Å². The van der Waals surface area contributed by atoms with Crippen LogP contribution in [0.25, 0.3) is 0 Å². The number of aryl methyl sites for hydroxylation is 1. The summed E-state index contributed by atoms with van der Waals surface area (Å²) >= 11 is 1.75. The van der Waals surface area contributed by atoms with Crippen LogP contribution >= 0.6 is 11.3 Å². The van der Waals surface area contributed by atoms with Crippen LogP contribution < -0.4 is 5.32 Å². The molecule has 0 saturated carbocycles. The number of piperidine rings is 1. The number of ether oxygens (including phenoxy) is 1. The van der Waals surface area contributed by atoms with Crippen molar-refractivity contribution >= 4 is 17.4 Å². The number of carbonyl (C=O) groups is 1. The van der Waals surface area contributed by atoms with Crippen LogP contribution in [-0.2, 0) is 4.74 Å². The second-order valence-electron chi connectivity index (χ2n) is 7.35. The highest BCUT2D eigenvalue weighted by atomic mass is 32.1. The SMILES string of the molecule is Cc1cnc([C@H](C)NCC2CCN(C(=O)OC(C)(C)C)CC2)s1. The first kappa shape index (κ1) is 18.2. The lowest BCUT2D eigenvalue weighted by Crippen LogP contribution is -2.43. The average Bonchev–Trinajstić information content (AvgIpc) is 2.90. The van der Waals surface area contributed by atoms with Crippen LogP contribution in [0.15, 0.2) is 6.20 Å². The van der Waals surface area contributed by atoms with Gasteiger partial charge in [-0.25, -0.2) is 9.78 Å². The molecule has 2 rings (SSSR count). The summed E-state index contributed by atoms with van der Waals surface area (Å²) in [7, 11) is 0. The Bertz CT molecular complexity index is 516. The largest absolute Gasteiger partial charge is 0.444 e. The van der Waals surface area contributed by atoms with E-state index in [9.17, 15) is 4.79 Å². The highest BCUT2D eigenvalue weighted by Crippen LogP contribution is 2.22. The number of carbonyl (C=O) groups excluding carboxylic acids is 1. The quantitative estimate of drug-likeness (QED) is 0.908. The molecule has 1 aliphatic heterocycles. The van der Waals surface area contributed by atoms with Crippen LogP contribution in [-0.4, -0.2) is 41.2 Å². The van der Waals surface area contributed by atoms with Crippen LogP contribution in [0.5, 0.6) is 0 Å². The number of hydrogen-bond donors (Lipinski definition) is 1. The number of aromatic nitrogens is 1. The van der Waals surface area contributed by atoms with Gasteiger partial charge in [-0.2, -0.15) is 0 Å². The topological polar surface area (TPSA) is 54.5 Å². The number of nitrogens with one attached hydrogen (secondary N) is 1. The molecule has 0 spiro atoms. The molecule has 0 radical (unpaired) electrons. The maximum atomic E-state index is 12.1. The number of thiazole rings is 1. The molecule has 1 N–H and O–H groups in total. The summed E-state index contributed by atoms with van der Waals surface area (Å²) in [6.07, 6.45) is 3.79. The van der Waals surface area contributed by atoms with Crippen LogP contribution in [0.1, 0.15) is 56.5 Å². The van der Waals surface area contributed by atoms with Crippen molar-refractivity contribution in [2.45, 2.75) is 59.1 Å². The van der Waals surface area contributed by atoms with E-state index in [1.54, 1.807) is 11.3 Å². The zero-order valence-electron chi connectivity index (χ0n) is 14.9. The van der Waals surface area contributed by atoms with Gasteiger partial charge in [-0.1, -0.05) is 0 Å². The van der Waals surface area contributed by atoms with Gasteiger partial charge in [-0.15, -0.1) is 11.3 Å². The van der Waals surface area contributed by atoms with Gasteiger partial charge in [0.15, 0.2) is 0 Å². The summed E-state index contributed by atoms with van der Waals surface area (Å²) in [5.41, 5.74) is -0.420. The molecule has 1 fully saturated rings. The van der Waals surface area contributed by atoms with Crippen molar-refractivity contribution in [3.05, 3.63) is 16.1 Å². The third-order valence-electron chi connectivity index (χ3n) is 3.99. The molecule has 0 aliphatic carbocycles. The van der Waals surface area contributed by atoms with E-state index in [1.165, 1.54) is 4.88 Å². The fourth-order valence-corrected chi connectivity index (χ4v) is 3.45. The lowest BCUT2D eigenvalue weighted by Gasteiger charge is -2.33. The third-order valence-corrected chi connectivity index (χ3v) is 5.08. The number of hydrogen-bond acceptors (Lipinski definition) is 5. The fourth-order valence-electron chi connectivity index (χ4n) is 2.65. The average molecular weight is 340 g/mol. The summed E-state index contributed by atoms with van der Waals surface area (Å²) in [5.74, 6) is 0.609. The predicted octanol–water partition coefficient (Wildman–Crippen LogP) is 3.75. The Morgan fingerprint density at radius 3 is 2.65 bits per heavy atom. The first-order valence-electron chi connectivity index (χ1n) is 8.38.